The normalized spacial score (nSPS) is 17.7. The van der Waals surface area contributed by atoms with Crippen LogP contribution in [0.25, 0.3) is 9.53 Å². The van der Waals surface area contributed by atoms with Crippen molar-refractivity contribution >= 4 is 43.2 Å². The van der Waals surface area contributed by atoms with E-state index in [1.165, 1.54) is 25.7 Å². The Bertz CT molecular complexity index is 697. The van der Waals surface area contributed by atoms with E-state index in [4.69, 9.17) is 4.98 Å². The van der Waals surface area contributed by atoms with E-state index in [1.54, 1.807) is 22.7 Å². The maximum Gasteiger partial charge on any atom is 0.264 e. The second kappa shape index (κ2) is 6.30. The van der Waals surface area contributed by atoms with Gasteiger partial charge >= 0.3 is 0 Å². The minimum absolute atomic E-state index is 0.193. The number of nitrogens with zero attached hydrogens (tertiary/aromatic N) is 3. The zero-order valence-electron chi connectivity index (χ0n) is 14.6. The van der Waals surface area contributed by atoms with Crippen LogP contribution < -0.4 is 4.90 Å². The first kappa shape index (κ1) is 16.3. The molecule has 2 fully saturated rings. The molecule has 4 rings (SSSR count). The second-order valence-corrected chi connectivity index (χ2v) is 9.07. The highest BCUT2D eigenvalue weighted by molar-refractivity contribution is 7.29. The van der Waals surface area contributed by atoms with Crippen LogP contribution in [0.4, 0.5) is 5.13 Å². The summed E-state index contributed by atoms with van der Waals surface area (Å²) in [4.78, 5) is 23.9. The van der Waals surface area contributed by atoms with Gasteiger partial charge in [0.05, 0.1) is 9.58 Å². The molecule has 0 saturated heterocycles. The predicted octanol–water partition coefficient (Wildman–Crippen LogP) is 4.46. The van der Waals surface area contributed by atoms with Crippen LogP contribution in [0.2, 0.25) is 0 Å². The molecule has 0 radical (unpaired) electrons. The summed E-state index contributed by atoms with van der Waals surface area (Å²) in [6.07, 6.45) is 5.19. The predicted molar refractivity (Wildman–Crippen MR) is 102 cm³/mol. The number of anilines is 1. The van der Waals surface area contributed by atoms with Crippen molar-refractivity contribution in [2.75, 3.05) is 25.0 Å². The first-order chi connectivity index (χ1) is 11.6. The van der Waals surface area contributed by atoms with Crippen molar-refractivity contribution in [3.63, 3.8) is 0 Å². The van der Waals surface area contributed by atoms with Gasteiger partial charge in [-0.1, -0.05) is 11.3 Å². The summed E-state index contributed by atoms with van der Waals surface area (Å²) in [5, 5.41) is 1.07. The van der Waals surface area contributed by atoms with Crippen molar-refractivity contribution in [2.24, 2.45) is 11.8 Å². The Kier molecular flexibility index (Phi) is 4.29. The lowest BCUT2D eigenvalue weighted by Gasteiger charge is -2.28. The van der Waals surface area contributed by atoms with E-state index >= 15 is 0 Å². The van der Waals surface area contributed by atoms with Crippen LogP contribution in [-0.4, -0.2) is 42.0 Å². The van der Waals surface area contributed by atoms with E-state index in [2.05, 4.69) is 24.8 Å². The molecule has 0 aliphatic heterocycles. The van der Waals surface area contributed by atoms with E-state index in [9.17, 15) is 4.79 Å². The fourth-order valence-electron chi connectivity index (χ4n) is 3.66. The molecule has 0 N–H and O–H groups in total. The number of hydrogen-bond acceptors (Lipinski definition) is 5. The molecule has 6 heteroatoms. The van der Waals surface area contributed by atoms with Gasteiger partial charge in [-0.05, 0) is 57.4 Å². The molecule has 2 aromatic heterocycles. The van der Waals surface area contributed by atoms with Crippen LogP contribution >= 0.6 is 22.7 Å². The number of rotatable bonds is 7. The van der Waals surface area contributed by atoms with Gasteiger partial charge < -0.3 is 9.80 Å². The Morgan fingerprint density at radius 3 is 2.33 bits per heavy atom. The van der Waals surface area contributed by atoms with E-state index < -0.39 is 0 Å². The standard InChI is InChI=1S/C18H25N3OS2/c1-4-21(5-2)18-19-16-13(24-18)10-14(23-16)17(22)20(3)15(11-6-7-11)12-8-9-12/h10-12,15H,4-9H2,1-3H3. The van der Waals surface area contributed by atoms with E-state index in [1.807, 2.05) is 11.9 Å². The zero-order chi connectivity index (χ0) is 16.8. The number of amides is 1. The number of hydrogen-bond donors (Lipinski definition) is 0. The molecule has 0 aromatic carbocycles. The molecule has 2 aromatic rings. The van der Waals surface area contributed by atoms with Crippen LogP contribution in [0.5, 0.6) is 0 Å². The fourth-order valence-corrected chi connectivity index (χ4v) is 5.98. The number of fused-ring (bicyclic) bond motifs is 1. The van der Waals surface area contributed by atoms with E-state index in [0.29, 0.717) is 6.04 Å². The van der Waals surface area contributed by atoms with Crippen molar-refractivity contribution in [1.29, 1.82) is 0 Å². The molecule has 2 heterocycles. The van der Waals surface area contributed by atoms with Crippen molar-refractivity contribution in [3.05, 3.63) is 10.9 Å². The molecule has 0 spiro atoms. The molecule has 130 valence electrons. The monoisotopic (exact) mass is 363 g/mol. The third-order valence-corrected chi connectivity index (χ3v) is 7.51. The molecular weight excluding hydrogens is 338 g/mol. The van der Waals surface area contributed by atoms with Crippen molar-refractivity contribution in [3.8, 4) is 0 Å². The highest BCUT2D eigenvalue weighted by Gasteiger charge is 2.45. The Morgan fingerprint density at radius 1 is 1.21 bits per heavy atom. The Hall–Kier alpha value is -1.14. The molecule has 0 bridgehead atoms. The van der Waals surface area contributed by atoms with Crippen LogP contribution in [0.1, 0.15) is 49.2 Å². The van der Waals surface area contributed by atoms with Crippen molar-refractivity contribution in [1.82, 2.24) is 9.88 Å². The number of thiophene rings is 1. The third-order valence-electron chi connectivity index (χ3n) is 5.30. The number of aromatic nitrogens is 1. The highest BCUT2D eigenvalue weighted by Crippen LogP contribution is 2.47. The summed E-state index contributed by atoms with van der Waals surface area (Å²) in [6, 6.07) is 2.53. The smallest absolute Gasteiger partial charge is 0.264 e. The molecule has 24 heavy (non-hydrogen) atoms. The molecule has 4 nitrogen and oxygen atoms in total. The minimum Gasteiger partial charge on any atom is -0.349 e. The van der Waals surface area contributed by atoms with Crippen LogP contribution in [-0.2, 0) is 0 Å². The lowest BCUT2D eigenvalue weighted by atomic mass is 10.1. The van der Waals surface area contributed by atoms with Gasteiger partial charge in [0, 0.05) is 26.2 Å². The van der Waals surface area contributed by atoms with E-state index in [0.717, 1.165) is 44.5 Å². The van der Waals surface area contributed by atoms with Gasteiger partial charge in [0.1, 0.15) is 4.83 Å². The third kappa shape index (κ3) is 2.94. The summed E-state index contributed by atoms with van der Waals surface area (Å²) >= 11 is 3.26. The lowest BCUT2D eigenvalue weighted by Crippen LogP contribution is -2.39. The largest absolute Gasteiger partial charge is 0.349 e. The summed E-state index contributed by atoms with van der Waals surface area (Å²) in [6.45, 7) is 6.24. The highest BCUT2D eigenvalue weighted by atomic mass is 32.1. The van der Waals surface area contributed by atoms with Crippen LogP contribution in [0.15, 0.2) is 6.07 Å². The number of carbonyl (C=O) groups is 1. The molecule has 2 saturated carbocycles. The summed E-state index contributed by atoms with van der Waals surface area (Å²) < 4.78 is 1.15. The Morgan fingerprint density at radius 2 is 1.83 bits per heavy atom. The fraction of sp³-hybridized carbons (Fsp3) is 0.667. The lowest BCUT2D eigenvalue weighted by molar-refractivity contribution is 0.0695. The Labute approximate surface area is 151 Å². The zero-order valence-corrected chi connectivity index (χ0v) is 16.3. The summed E-state index contributed by atoms with van der Waals surface area (Å²) in [5.41, 5.74) is 0. The summed E-state index contributed by atoms with van der Waals surface area (Å²) in [5.74, 6) is 1.69. The first-order valence-electron chi connectivity index (χ1n) is 9.04. The summed E-state index contributed by atoms with van der Waals surface area (Å²) in [7, 11) is 2.01. The average Bonchev–Trinajstić information content (AvgIpc) is 3.48. The van der Waals surface area contributed by atoms with E-state index in [-0.39, 0.29) is 5.91 Å². The Balaban J connectivity index is 1.54. The average molecular weight is 364 g/mol. The quantitative estimate of drug-likeness (QED) is 0.728. The minimum atomic E-state index is 0.193. The number of carbonyl (C=O) groups excluding carboxylic acids is 1. The second-order valence-electron chi connectivity index (χ2n) is 7.03. The molecular formula is C18H25N3OS2. The van der Waals surface area contributed by atoms with Crippen molar-refractivity contribution < 1.29 is 4.79 Å². The van der Waals surface area contributed by atoms with Gasteiger partial charge in [-0.2, -0.15) is 0 Å². The number of thiazole rings is 1. The van der Waals surface area contributed by atoms with Crippen molar-refractivity contribution in [2.45, 2.75) is 45.6 Å². The van der Waals surface area contributed by atoms with Crippen LogP contribution in [0, 0.1) is 11.8 Å². The topological polar surface area (TPSA) is 36.4 Å². The molecule has 2 aliphatic carbocycles. The van der Waals surface area contributed by atoms with Gasteiger partial charge in [-0.25, -0.2) is 4.98 Å². The molecule has 2 aliphatic rings. The first-order valence-corrected chi connectivity index (χ1v) is 10.7. The van der Waals surface area contributed by atoms with Gasteiger partial charge in [-0.3, -0.25) is 4.79 Å². The molecule has 0 unspecified atom stereocenters. The van der Waals surface area contributed by atoms with Gasteiger partial charge in [0.2, 0.25) is 0 Å². The SMILES string of the molecule is CCN(CC)c1nc2sc(C(=O)N(C)C(C3CC3)C3CC3)cc2s1. The maximum absolute atomic E-state index is 13.0. The van der Waals surface area contributed by atoms with Gasteiger partial charge in [-0.15, -0.1) is 11.3 Å². The molecule has 1 amide bonds. The molecule has 0 atom stereocenters. The van der Waals surface area contributed by atoms with Crippen LogP contribution in [0.3, 0.4) is 0 Å². The van der Waals surface area contributed by atoms with Gasteiger partial charge in [0.15, 0.2) is 5.13 Å². The van der Waals surface area contributed by atoms with Gasteiger partial charge in [0.25, 0.3) is 5.91 Å². The maximum atomic E-state index is 13.0.